The van der Waals surface area contributed by atoms with Crippen LogP contribution in [0.3, 0.4) is 0 Å². The van der Waals surface area contributed by atoms with Crippen molar-refractivity contribution in [2.75, 3.05) is 12.3 Å². The summed E-state index contributed by atoms with van der Waals surface area (Å²) in [6, 6.07) is 7.78. The lowest BCUT2D eigenvalue weighted by Gasteiger charge is -2.26. The molecule has 7 heteroatoms. The van der Waals surface area contributed by atoms with Crippen molar-refractivity contribution in [1.29, 1.82) is 0 Å². The lowest BCUT2D eigenvalue weighted by atomic mass is 9.87. The fraction of sp³-hybridized carbons (Fsp3) is 0.368. The number of thiophene rings is 1. The van der Waals surface area contributed by atoms with E-state index < -0.39 is 0 Å². The number of carbonyl (C=O) groups excluding carboxylic acids is 2. The van der Waals surface area contributed by atoms with Crippen LogP contribution in [0.1, 0.15) is 53.2 Å². The van der Waals surface area contributed by atoms with E-state index in [9.17, 15) is 9.59 Å². The number of nitrogen functional groups attached to an aromatic ring is 1. The van der Waals surface area contributed by atoms with Crippen LogP contribution >= 0.6 is 23.7 Å². The lowest BCUT2D eigenvalue weighted by Crippen LogP contribution is -2.32. The van der Waals surface area contributed by atoms with E-state index in [-0.39, 0.29) is 30.3 Å². The van der Waals surface area contributed by atoms with Crippen LogP contribution < -0.4 is 16.4 Å². The summed E-state index contributed by atoms with van der Waals surface area (Å²) in [4.78, 5) is 24.0. The van der Waals surface area contributed by atoms with Gasteiger partial charge in [-0.05, 0) is 60.4 Å². The van der Waals surface area contributed by atoms with Gasteiger partial charge in [0, 0.05) is 29.6 Å². The average molecular weight is 394 g/mol. The zero-order valence-corrected chi connectivity index (χ0v) is 16.1. The fourth-order valence-corrected chi connectivity index (χ4v) is 3.83. The summed E-state index contributed by atoms with van der Waals surface area (Å²) in [5.41, 5.74) is 9.71. The molecule has 1 aromatic carbocycles. The van der Waals surface area contributed by atoms with E-state index in [1.807, 2.05) is 29.0 Å². The number of nitrogens with two attached hydrogens (primary N) is 1. The highest BCUT2D eigenvalue weighted by molar-refractivity contribution is 7.08. The van der Waals surface area contributed by atoms with Gasteiger partial charge in [-0.2, -0.15) is 11.3 Å². The smallest absolute Gasteiger partial charge is 0.252 e. The number of benzene rings is 1. The van der Waals surface area contributed by atoms with Gasteiger partial charge in [-0.3, -0.25) is 9.59 Å². The molecule has 26 heavy (non-hydrogen) atoms. The van der Waals surface area contributed by atoms with Crippen molar-refractivity contribution in [1.82, 2.24) is 10.6 Å². The quantitative estimate of drug-likeness (QED) is 0.519. The minimum absolute atomic E-state index is 0. The van der Waals surface area contributed by atoms with E-state index in [0.717, 1.165) is 24.9 Å². The number of hydrogen-bond donors (Lipinski definition) is 3. The molecular formula is C19H24ClN3O2S. The monoisotopic (exact) mass is 393 g/mol. The molecule has 5 nitrogen and oxygen atoms in total. The summed E-state index contributed by atoms with van der Waals surface area (Å²) in [5.74, 6) is -0.0556. The van der Waals surface area contributed by atoms with Crippen molar-refractivity contribution >= 4 is 41.2 Å². The second-order valence-corrected chi connectivity index (χ2v) is 7.12. The number of rotatable bonds is 6. The van der Waals surface area contributed by atoms with Crippen molar-refractivity contribution in [3.63, 3.8) is 0 Å². The maximum Gasteiger partial charge on any atom is 0.252 e. The zero-order chi connectivity index (χ0) is 17.6. The average Bonchev–Trinajstić information content (AvgIpc) is 3.13. The van der Waals surface area contributed by atoms with Gasteiger partial charge >= 0.3 is 0 Å². The molecular weight excluding hydrogens is 370 g/mol. The van der Waals surface area contributed by atoms with Gasteiger partial charge in [-0.1, -0.05) is 6.07 Å². The number of fused-ring (bicyclic) bond motifs is 1. The summed E-state index contributed by atoms with van der Waals surface area (Å²) in [6.45, 7) is 0.500. The van der Waals surface area contributed by atoms with E-state index >= 15 is 0 Å². The molecule has 0 radical (unpaired) electrons. The number of aryl methyl sites for hydroxylation is 1. The summed E-state index contributed by atoms with van der Waals surface area (Å²) in [5, 5.41) is 9.65. The minimum Gasteiger partial charge on any atom is -0.399 e. The van der Waals surface area contributed by atoms with Crippen molar-refractivity contribution in [3.8, 4) is 0 Å². The standard InChI is InChI=1S/C19H23N3O2S.ClH/c20-15-6-7-16-13(11-15)3-1-4-17(16)22-18(23)5-2-9-21-19(24)14-8-10-25-12-14;/h6-8,10-12,17H,1-5,9,20H2,(H,21,24)(H,22,23);1H. The SMILES string of the molecule is Cl.Nc1ccc2c(c1)CCCC2NC(=O)CCCNC(=O)c1ccsc1. The Kier molecular flexibility index (Phi) is 7.48. The van der Waals surface area contributed by atoms with Gasteiger partial charge in [0.15, 0.2) is 0 Å². The molecule has 4 N–H and O–H groups in total. The zero-order valence-electron chi connectivity index (χ0n) is 14.5. The highest BCUT2D eigenvalue weighted by atomic mass is 35.5. The maximum atomic E-state index is 12.2. The van der Waals surface area contributed by atoms with Crippen molar-refractivity contribution in [2.24, 2.45) is 0 Å². The maximum absolute atomic E-state index is 12.2. The molecule has 140 valence electrons. The van der Waals surface area contributed by atoms with E-state index in [0.29, 0.717) is 24.9 Å². The molecule has 0 fully saturated rings. The third-order valence-electron chi connectivity index (χ3n) is 4.47. The Morgan fingerprint density at radius 1 is 1.27 bits per heavy atom. The second-order valence-electron chi connectivity index (χ2n) is 6.34. The van der Waals surface area contributed by atoms with Crippen LogP contribution in [-0.2, 0) is 11.2 Å². The van der Waals surface area contributed by atoms with E-state index in [4.69, 9.17) is 5.73 Å². The Balaban J connectivity index is 0.00000243. The molecule has 2 aromatic rings. The van der Waals surface area contributed by atoms with E-state index in [1.165, 1.54) is 22.5 Å². The lowest BCUT2D eigenvalue weighted by molar-refractivity contribution is -0.122. The molecule has 2 amide bonds. The van der Waals surface area contributed by atoms with Crippen LogP contribution in [0.5, 0.6) is 0 Å². The predicted molar refractivity (Wildman–Crippen MR) is 108 cm³/mol. The normalized spacial score (nSPS) is 15.5. The molecule has 3 rings (SSSR count). The van der Waals surface area contributed by atoms with Gasteiger partial charge < -0.3 is 16.4 Å². The number of carbonyl (C=O) groups is 2. The fourth-order valence-electron chi connectivity index (χ4n) is 3.20. The van der Waals surface area contributed by atoms with Crippen LogP contribution in [0.25, 0.3) is 0 Å². The van der Waals surface area contributed by atoms with Gasteiger partial charge in [0.25, 0.3) is 5.91 Å². The van der Waals surface area contributed by atoms with Crippen molar-refractivity contribution < 1.29 is 9.59 Å². The molecule has 1 aromatic heterocycles. The van der Waals surface area contributed by atoms with Gasteiger partial charge in [0.05, 0.1) is 6.04 Å². The van der Waals surface area contributed by atoms with Crippen LogP contribution in [0.4, 0.5) is 5.69 Å². The second kappa shape index (κ2) is 9.59. The summed E-state index contributed by atoms with van der Waals surface area (Å²) < 4.78 is 0. The van der Waals surface area contributed by atoms with Crippen molar-refractivity contribution in [2.45, 2.75) is 38.1 Å². The Morgan fingerprint density at radius 3 is 2.88 bits per heavy atom. The first kappa shape index (κ1) is 20.3. The van der Waals surface area contributed by atoms with Crippen LogP contribution in [-0.4, -0.2) is 18.4 Å². The summed E-state index contributed by atoms with van der Waals surface area (Å²) >= 11 is 1.49. The number of halogens is 1. The molecule has 1 unspecified atom stereocenters. The van der Waals surface area contributed by atoms with Gasteiger partial charge in [-0.25, -0.2) is 0 Å². The van der Waals surface area contributed by atoms with Crippen molar-refractivity contribution in [3.05, 3.63) is 51.7 Å². The largest absolute Gasteiger partial charge is 0.399 e. The first-order valence-electron chi connectivity index (χ1n) is 8.61. The Hall–Kier alpha value is -2.05. The molecule has 0 saturated heterocycles. The molecule has 0 bridgehead atoms. The van der Waals surface area contributed by atoms with Gasteiger partial charge in [-0.15, -0.1) is 12.4 Å². The highest BCUT2D eigenvalue weighted by Gasteiger charge is 2.21. The van der Waals surface area contributed by atoms with Crippen LogP contribution in [0.15, 0.2) is 35.0 Å². The Labute approximate surface area is 163 Å². The summed E-state index contributed by atoms with van der Waals surface area (Å²) in [6.07, 6.45) is 4.06. The molecule has 1 aliphatic carbocycles. The predicted octanol–water partition coefficient (Wildman–Crippen LogP) is 3.46. The molecule has 1 heterocycles. The molecule has 0 aliphatic heterocycles. The Morgan fingerprint density at radius 2 is 2.12 bits per heavy atom. The number of nitrogens with one attached hydrogen (secondary N) is 2. The molecule has 0 saturated carbocycles. The van der Waals surface area contributed by atoms with Gasteiger partial charge in [0.1, 0.15) is 0 Å². The van der Waals surface area contributed by atoms with E-state index in [2.05, 4.69) is 10.6 Å². The first-order valence-corrected chi connectivity index (χ1v) is 9.56. The molecule has 1 aliphatic rings. The van der Waals surface area contributed by atoms with Crippen LogP contribution in [0.2, 0.25) is 0 Å². The third-order valence-corrected chi connectivity index (χ3v) is 5.15. The molecule has 1 atom stereocenters. The summed E-state index contributed by atoms with van der Waals surface area (Å²) in [7, 11) is 0. The first-order chi connectivity index (χ1) is 12.1. The number of amides is 2. The minimum atomic E-state index is -0.0829. The Bertz CT molecular complexity index is 749. The highest BCUT2D eigenvalue weighted by Crippen LogP contribution is 2.31. The van der Waals surface area contributed by atoms with Crippen LogP contribution in [0, 0.1) is 0 Å². The van der Waals surface area contributed by atoms with Gasteiger partial charge in [0.2, 0.25) is 5.91 Å². The topological polar surface area (TPSA) is 84.2 Å². The number of hydrogen-bond acceptors (Lipinski definition) is 4. The van der Waals surface area contributed by atoms with E-state index in [1.54, 1.807) is 6.07 Å². The number of anilines is 1. The third kappa shape index (κ3) is 5.22. The molecule has 0 spiro atoms.